The lowest BCUT2D eigenvalue weighted by atomic mass is 9.78. The first kappa shape index (κ1) is 29.9. The molecule has 242 valence electrons. The Morgan fingerprint density at radius 3 is 1.71 bits per heavy atom. The summed E-state index contributed by atoms with van der Waals surface area (Å²) in [5, 5.41) is 5.23. The van der Waals surface area contributed by atoms with E-state index in [2.05, 4.69) is 195 Å². The molecule has 10 rings (SSSR count). The summed E-state index contributed by atoms with van der Waals surface area (Å²) in [5.74, 6) is 0. The summed E-state index contributed by atoms with van der Waals surface area (Å²) in [6.45, 7) is 4.79. The highest BCUT2D eigenvalue weighted by Gasteiger charge is 2.41. The van der Waals surface area contributed by atoms with Crippen molar-refractivity contribution in [2.75, 3.05) is 4.90 Å². The van der Waals surface area contributed by atoms with Crippen molar-refractivity contribution < 1.29 is 0 Å². The first-order valence-corrected chi connectivity index (χ1v) is 18.5. The van der Waals surface area contributed by atoms with Crippen LogP contribution in [0, 0.1) is 0 Å². The zero-order valence-corrected chi connectivity index (χ0v) is 29.4. The van der Waals surface area contributed by atoms with E-state index >= 15 is 0 Å². The zero-order valence-electron chi connectivity index (χ0n) is 28.6. The Bertz CT molecular complexity index is 2720. The molecule has 0 spiro atoms. The largest absolute Gasteiger partial charge is 0.309 e. The highest BCUT2D eigenvalue weighted by molar-refractivity contribution is 7.26. The van der Waals surface area contributed by atoms with Gasteiger partial charge in [0, 0.05) is 48.1 Å². The van der Waals surface area contributed by atoms with Gasteiger partial charge in [-0.05, 0) is 74.5 Å². The minimum atomic E-state index is -0.176. The Morgan fingerprint density at radius 1 is 0.431 bits per heavy atom. The van der Waals surface area contributed by atoms with Gasteiger partial charge in [-0.2, -0.15) is 0 Å². The lowest BCUT2D eigenvalue weighted by molar-refractivity contribution is 0.666. The van der Waals surface area contributed by atoms with Crippen molar-refractivity contribution in [1.29, 1.82) is 0 Å². The summed E-state index contributed by atoms with van der Waals surface area (Å²) in [5.41, 5.74) is 13.7. The average molecular weight is 670 g/mol. The van der Waals surface area contributed by atoms with Gasteiger partial charge in [-0.1, -0.05) is 159 Å². The monoisotopic (exact) mass is 669 g/mol. The SMILES string of the molecule is CC1(C)c2ccccc2-c2c(N(c3ccccc3)c3ccccc3)c(-c3ccc(-c4cccc5c4sc4ccccc45)cc3)c3ccccc3c21. The minimum Gasteiger partial charge on any atom is -0.309 e. The maximum Gasteiger partial charge on any atom is 0.0628 e. The van der Waals surface area contributed by atoms with Crippen molar-refractivity contribution in [3.8, 4) is 33.4 Å². The van der Waals surface area contributed by atoms with Crippen molar-refractivity contribution in [1.82, 2.24) is 0 Å². The molecule has 0 saturated carbocycles. The smallest absolute Gasteiger partial charge is 0.0628 e. The van der Waals surface area contributed by atoms with E-state index in [1.165, 1.54) is 81.1 Å². The van der Waals surface area contributed by atoms with Gasteiger partial charge in [0.2, 0.25) is 0 Å². The van der Waals surface area contributed by atoms with E-state index in [1.807, 2.05) is 11.3 Å². The molecule has 0 saturated heterocycles. The summed E-state index contributed by atoms with van der Waals surface area (Å²) >= 11 is 1.89. The van der Waals surface area contributed by atoms with Crippen LogP contribution in [0.4, 0.5) is 17.1 Å². The molecule has 0 N–H and O–H groups in total. The molecule has 1 aliphatic rings. The molecule has 9 aromatic rings. The normalized spacial score (nSPS) is 13.1. The molecule has 2 heteroatoms. The highest BCUT2D eigenvalue weighted by Crippen LogP contribution is 2.60. The lowest BCUT2D eigenvalue weighted by Crippen LogP contribution is -2.17. The Labute approximate surface area is 302 Å². The molecule has 0 bridgehead atoms. The molecule has 8 aromatic carbocycles. The topological polar surface area (TPSA) is 3.24 Å². The van der Waals surface area contributed by atoms with E-state index in [0.717, 1.165) is 11.4 Å². The number of nitrogens with zero attached hydrogens (tertiary/aromatic N) is 1. The molecule has 0 atom stereocenters. The van der Waals surface area contributed by atoms with E-state index in [9.17, 15) is 0 Å². The lowest BCUT2D eigenvalue weighted by Gasteiger charge is -2.33. The average Bonchev–Trinajstić information content (AvgIpc) is 3.68. The third kappa shape index (κ3) is 4.53. The molecule has 0 aliphatic heterocycles. The molecule has 0 radical (unpaired) electrons. The minimum absolute atomic E-state index is 0.176. The van der Waals surface area contributed by atoms with Crippen LogP contribution in [-0.2, 0) is 5.41 Å². The van der Waals surface area contributed by atoms with E-state index in [4.69, 9.17) is 0 Å². The number of para-hydroxylation sites is 2. The van der Waals surface area contributed by atoms with Gasteiger partial charge < -0.3 is 4.90 Å². The van der Waals surface area contributed by atoms with E-state index in [-0.39, 0.29) is 5.41 Å². The van der Waals surface area contributed by atoms with Gasteiger partial charge in [-0.3, -0.25) is 0 Å². The van der Waals surface area contributed by atoms with Crippen molar-refractivity contribution in [3.05, 3.63) is 187 Å². The number of anilines is 3. The van der Waals surface area contributed by atoms with Crippen molar-refractivity contribution in [2.45, 2.75) is 19.3 Å². The third-order valence-corrected chi connectivity index (χ3v) is 12.0. The summed E-state index contributed by atoms with van der Waals surface area (Å²) in [4.78, 5) is 2.49. The number of rotatable bonds is 5. The second kappa shape index (κ2) is 11.6. The van der Waals surface area contributed by atoms with Gasteiger partial charge in [0.25, 0.3) is 0 Å². The Morgan fingerprint density at radius 2 is 0.980 bits per heavy atom. The number of benzene rings is 8. The summed E-state index contributed by atoms with van der Waals surface area (Å²) in [6, 6.07) is 64.7. The standard InChI is InChI=1S/C49H35NS/c1-49(2)42-26-13-11-23-41(42)45-46(49)39-22-10-9-21-38(39)44(47(45)50(34-16-5-3-6-17-34)35-18-7-4-8-19-35)33-30-28-32(29-31-33)36-24-15-25-40-37-20-12-14-27-43(37)51-48(36)40/h3-31H,1-2H3. The third-order valence-electron chi connectivity index (χ3n) is 10.8. The predicted molar refractivity (Wildman–Crippen MR) is 220 cm³/mol. The first-order valence-electron chi connectivity index (χ1n) is 17.7. The van der Waals surface area contributed by atoms with Gasteiger partial charge in [-0.25, -0.2) is 0 Å². The number of hydrogen-bond acceptors (Lipinski definition) is 2. The molecule has 1 aliphatic carbocycles. The van der Waals surface area contributed by atoms with Crippen LogP contribution < -0.4 is 4.90 Å². The highest BCUT2D eigenvalue weighted by atomic mass is 32.1. The zero-order chi connectivity index (χ0) is 34.1. The van der Waals surface area contributed by atoms with Crippen LogP contribution in [-0.4, -0.2) is 0 Å². The molecule has 0 unspecified atom stereocenters. The second-order valence-electron chi connectivity index (χ2n) is 14.1. The van der Waals surface area contributed by atoms with Crippen LogP contribution in [0.2, 0.25) is 0 Å². The Kier molecular flexibility index (Phi) is 6.78. The maximum absolute atomic E-state index is 2.49. The molecule has 0 amide bonds. The van der Waals surface area contributed by atoms with Gasteiger partial charge in [-0.15, -0.1) is 11.3 Å². The molecular weight excluding hydrogens is 635 g/mol. The molecule has 1 heterocycles. The fourth-order valence-corrected chi connectivity index (χ4v) is 9.82. The summed E-state index contributed by atoms with van der Waals surface area (Å²) < 4.78 is 2.67. The number of fused-ring (bicyclic) bond motifs is 8. The van der Waals surface area contributed by atoms with E-state index in [0.29, 0.717) is 0 Å². The Balaban J connectivity index is 1.29. The van der Waals surface area contributed by atoms with Gasteiger partial charge in [0.05, 0.1) is 5.69 Å². The molecular formula is C49H35NS. The predicted octanol–water partition coefficient (Wildman–Crippen LogP) is 14.3. The van der Waals surface area contributed by atoms with Crippen LogP contribution in [0.15, 0.2) is 176 Å². The second-order valence-corrected chi connectivity index (χ2v) is 15.1. The van der Waals surface area contributed by atoms with Crippen molar-refractivity contribution >= 4 is 59.3 Å². The van der Waals surface area contributed by atoms with Crippen LogP contribution >= 0.6 is 11.3 Å². The van der Waals surface area contributed by atoms with Gasteiger partial charge in [0.1, 0.15) is 0 Å². The van der Waals surface area contributed by atoms with Gasteiger partial charge in [0.15, 0.2) is 0 Å². The molecule has 1 nitrogen and oxygen atoms in total. The van der Waals surface area contributed by atoms with Crippen LogP contribution in [0.3, 0.4) is 0 Å². The van der Waals surface area contributed by atoms with Crippen molar-refractivity contribution in [2.24, 2.45) is 0 Å². The number of thiophene rings is 1. The molecule has 1 aromatic heterocycles. The quantitative estimate of drug-likeness (QED) is 0.176. The van der Waals surface area contributed by atoms with Crippen LogP contribution in [0.1, 0.15) is 25.0 Å². The van der Waals surface area contributed by atoms with Crippen LogP contribution in [0.25, 0.3) is 64.3 Å². The summed E-state index contributed by atoms with van der Waals surface area (Å²) in [7, 11) is 0. The van der Waals surface area contributed by atoms with E-state index in [1.54, 1.807) is 0 Å². The van der Waals surface area contributed by atoms with Gasteiger partial charge >= 0.3 is 0 Å². The number of hydrogen-bond donors (Lipinski definition) is 0. The Hall–Kier alpha value is -5.96. The molecule has 0 fully saturated rings. The van der Waals surface area contributed by atoms with E-state index < -0.39 is 0 Å². The fourth-order valence-electron chi connectivity index (χ4n) is 8.59. The fraction of sp³-hybridized carbons (Fsp3) is 0.0612. The maximum atomic E-state index is 2.49. The summed E-state index contributed by atoms with van der Waals surface area (Å²) in [6.07, 6.45) is 0. The molecule has 51 heavy (non-hydrogen) atoms. The first-order chi connectivity index (χ1) is 25.1. The van der Waals surface area contributed by atoms with Crippen molar-refractivity contribution in [3.63, 3.8) is 0 Å². The van der Waals surface area contributed by atoms with Crippen LogP contribution in [0.5, 0.6) is 0 Å².